The van der Waals surface area contributed by atoms with Crippen molar-refractivity contribution >= 4 is 28.4 Å². The fraction of sp³-hybridized carbons (Fsp3) is 0.105. The van der Waals surface area contributed by atoms with Gasteiger partial charge in [-0.1, -0.05) is 22.8 Å². The fourth-order valence-corrected chi connectivity index (χ4v) is 2.89. The van der Waals surface area contributed by atoms with E-state index in [1.54, 1.807) is 42.7 Å². The van der Waals surface area contributed by atoms with Crippen molar-refractivity contribution < 1.29 is 13.7 Å². The van der Waals surface area contributed by atoms with E-state index in [0.717, 1.165) is 10.9 Å². The Balaban J connectivity index is 1.81. The van der Waals surface area contributed by atoms with Crippen molar-refractivity contribution in [2.45, 2.75) is 13.5 Å². The number of pyridine rings is 1. The highest BCUT2D eigenvalue weighted by Gasteiger charge is 2.17. The minimum atomic E-state index is -0.241. The zero-order valence-corrected chi connectivity index (χ0v) is 14.6. The standard InChI is InChI=1S/C19H14ClN3O3/c1-11-15(20)5-4-13-14(19(24)21-10-12-6-8-26-23-12)9-16(22-18(11)13)17-3-2-7-25-17/h2-9H,10H2,1H3,(H,21,24). The first-order chi connectivity index (χ1) is 12.6. The summed E-state index contributed by atoms with van der Waals surface area (Å²) in [5.41, 5.74) is 3.17. The van der Waals surface area contributed by atoms with Crippen molar-refractivity contribution in [2.75, 3.05) is 0 Å². The molecular weight excluding hydrogens is 354 g/mol. The third-order valence-electron chi connectivity index (χ3n) is 4.11. The quantitative estimate of drug-likeness (QED) is 0.579. The number of benzene rings is 1. The third-order valence-corrected chi connectivity index (χ3v) is 4.52. The lowest BCUT2D eigenvalue weighted by Crippen LogP contribution is -2.23. The number of furan rings is 1. The Hall–Kier alpha value is -3.12. The predicted octanol–water partition coefficient (Wildman–Crippen LogP) is 4.37. The first-order valence-electron chi connectivity index (χ1n) is 7.94. The molecule has 130 valence electrons. The van der Waals surface area contributed by atoms with Crippen LogP contribution in [0, 0.1) is 6.92 Å². The Labute approximate surface area is 153 Å². The number of carbonyl (C=O) groups excluding carboxylic acids is 1. The Kier molecular flexibility index (Phi) is 4.18. The van der Waals surface area contributed by atoms with Crippen LogP contribution in [0.5, 0.6) is 0 Å². The largest absolute Gasteiger partial charge is 0.463 e. The van der Waals surface area contributed by atoms with E-state index in [1.807, 2.05) is 6.92 Å². The van der Waals surface area contributed by atoms with Crippen LogP contribution in [0.3, 0.4) is 0 Å². The molecule has 4 aromatic rings. The molecule has 0 saturated heterocycles. The van der Waals surface area contributed by atoms with Gasteiger partial charge in [0.2, 0.25) is 0 Å². The fourth-order valence-electron chi connectivity index (χ4n) is 2.74. The van der Waals surface area contributed by atoms with Crippen LogP contribution in [0.15, 0.2) is 57.9 Å². The molecule has 6 nitrogen and oxygen atoms in total. The molecule has 4 rings (SSSR count). The molecule has 0 bridgehead atoms. The van der Waals surface area contributed by atoms with Crippen molar-refractivity contribution in [3.05, 3.63) is 70.8 Å². The molecule has 3 aromatic heterocycles. The van der Waals surface area contributed by atoms with E-state index in [4.69, 9.17) is 20.5 Å². The minimum Gasteiger partial charge on any atom is -0.463 e. The number of carbonyl (C=O) groups is 1. The van der Waals surface area contributed by atoms with Crippen LogP contribution < -0.4 is 5.32 Å². The van der Waals surface area contributed by atoms with E-state index < -0.39 is 0 Å². The first-order valence-corrected chi connectivity index (χ1v) is 8.32. The predicted molar refractivity (Wildman–Crippen MR) is 96.9 cm³/mol. The number of halogens is 1. The molecule has 1 N–H and O–H groups in total. The highest BCUT2D eigenvalue weighted by molar-refractivity contribution is 6.32. The maximum atomic E-state index is 12.8. The molecule has 1 amide bonds. The van der Waals surface area contributed by atoms with Gasteiger partial charge in [0.25, 0.3) is 5.91 Å². The Bertz CT molecular complexity index is 1070. The summed E-state index contributed by atoms with van der Waals surface area (Å²) in [5, 5.41) is 7.96. The number of hydrogen-bond donors (Lipinski definition) is 1. The molecule has 0 spiro atoms. The molecular formula is C19H14ClN3O3. The molecule has 0 aliphatic carbocycles. The van der Waals surface area contributed by atoms with Crippen LogP contribution in [0.2, 0.25) is 5.02 Å². The summed E-state index contributed by atoms with van der Waals surface area (Å²) in [7, 11) is 0. The molecule has 0 radical (unpaired) electrons. The maximum Gasteiger partial charge on any atom is 0.252 e. The van der Waals surface area contributed by atoms with E-state index in [9.17, 15) is 4.79 Å². The van der Waals surface area contributed by atoms with Crippen molar-refractivity contribution in [3.63, 3.8) is 0 Å². The van der Waals surface area contributed by atoms with Gasteiger partial charge in [-0.15, -0.1) is 0 Å². The lowest BCUT2D eigenvalue weighted by molar-refractivity contribution is 0.0951. The van der Waals surface area contributed by atoms with Gasteiger partial charge >= 0.3 is 0 Å². The second-order valence-electron chi connectivity index (χ2n) is 5.77. The van der Waals surface area contributed by atoms with Crippen LogP contribution in [-0.2, 0) is 6.54 Å². The highest BCUT2D eigenvalue weighted by Crippen LogP contribution is 2.30. The van der Waals surface area contributed by atoms with Gasteiger partial charge < -0.3 is 14.3 Å². The van der Waals surface area contributed by atoms with E-state index in [0.29, 0.717) is 33.3 Å². The van der Waals surface area contributed by atoms with Gasteiger partial charge in [0, 0.05) is 16.5 Å². The van der Waals surface area contributed by atoms with Crippen LogP contribution >= 0.6 is 11.6 Å². The van der Waals surface area contributed by atoms with E-state index in [2.05, 4.69) is 15.5 Å². The van der Waals surface area contributed by atoms with Gasteiger partial charge in [-0.05, 0) is 36.8 Å². The van der Waals surface area contributed by atoms with Crippen LogP contribution in [0.4, 0.5) is 0 Å². The molecule has 1 aromatic carbocycles. The van der Waals surface area contributed by atoms with Gasteiger partial charge in [-0.2, -0.15) is 0 Å². The van der Waals surface area contributed by atoms with Gasteiger partial charge in [0.15, 0.2) is 5.76 Å². The molecule has 0 unspecified atom stereocenters. The minimum absolute atomic E-state index is 0.241. The van der Waals surface area contributed by atoms with Crippen LogP contribution in [0.25, 0.3) is 22.4 Å². The zero-order valence-electron chi connectivity index (χ0n) is 13.8. The average molecular weight is 368 g/mol. The van der Waals surface area contributed by atoms with Gasteiger partial charge in [0.1, 0.15) is 17.7 Å². The summed E-state index contributed by atoms with van der Waals surface area (Å²) in [5.74, 6) is 0.340. The van der Waals surface area contributed by atoms with Crippen molar-refractivity contribution in [1.29, 1.82) is 0 Å². The molecule has 7 heteroatoms. The number of nitrogens with zero attached hydrogens (tertiary/aromatic N) is 2. The number of nitrogens with one attached hydrogen (secondary N) is 1. The number of rotatable bonds is 4. The van der Waals surface area contributed by atoms with Gasteiger partial charge in [-0.25, -0.2) is 4.98 Å². The highest BCUT2D eigenvalue weighted by atomic mass is 35.5. The summed E-state index contributed by atoms with van der Waals surface area (Å²) >= 11 is 6.24. The second kappa shape index (κ2) is 6.65. The number of aromatic nitrogens is 2. The van der Waals surface area contributed by atoms with E-state index in [1.165, 1.54) is 6.26 Å². The number of amides is 1. The molecule has 0 aliphatic heterocycles. The van der Waals surface area contributed by atoms with Crippen LogP contribution in [-0.4, -0.2) is 16.0 Å². The van der Waals surface area contributed by atoms with Crippen molar-refractivity contribution in [3.8, 4) is 11.5 Å². The third kappa shape index (κ3) is 2.95. The maximum absolute atomic E-state index is 12.8. The SMILES string of the molecule is Cc1c(Cl)ccc2c(C(=O)NCc3ccon3)cc(-c3ccco3)nc12. The normalized spacial score (nSPS) is 11.0. The first kappa shape index (κ1) is 16.4. The summed E-state index contributed by atoms with van der Waals surface area (Å²) in [6.07, 6.45) is 3.03. The summed E-state index contributed by atoms with van der Waals surface area (Å²) in [6.45, 7) is 2.14. The van der Waals surface area contributed by atoms with E-state index in [-0.39, 0.29) is 12.5 Å². The molecule has 0 saturated carbocycles. The smallest absolute Gasteiger partial charge is 0.252 e. The van der Waals surface area contributed by atoms with Crippen molar-refractivity contribution in [2.24, 2.45) is 0 Å². The topological polar surface area (TPSA) is 81.2 Å². The monoisotopic (exact) mass is 367 g/mol. The lowest BCUT2D eigenvalue weighted by Gasteiger charge is -2.11. The van der Waals surface area contributed by atoms with Crippen molar-refractivity contribution in [1.82, 2.24) is 15.5 Å². The summed E-state index contributed by atoms with van der Waals surface area (Å²) < 4.78 is 10.2. The molecule has 0 aliphatic rings. The number of hydrogen-bond acceptors (Lipinski definition) is 5. The molecule has 0 atom stereocenters. The Morgan fingerprint density at radius 1 is 1.23 bits per heavy atom. The number of aryl methyl sites for hydroxylation is 1. The Morgan fingerprint density at radius 3 is 2.85 bits per heavy atom. The zero-order chi connectivity index (χ0) is 18.1. The summed E-state index contributed by atoms with van der Waals surface area (Å²) in [4.78, 5) is 17.5. The second-order valence-corrected chi connectivity index (χ2v) is 6.18. The van der Waals surface area contributed by atoms with Gasteiger partial charge in [0.05, 0.1) is 23.9 Å². The van der Waals surface area contributed by atoms with E-state index >= 15 is 0 Å². The molecule has 0 fully saturated rings. The Morgan fingerprint density at radius 2 is 2.12 bits per heavy atom. The van der Waals surface area contributed by atoms with Gasteiger partial charge in [-0.3, -0.25) is 4.79 Å². The lowest BCUT2D eigenvalue weighted by atomic mass is 10.0. The van der Waals surface area contributed by atoms with Crippen LogP contribution in [0.1, 0.15) is 21.6 Å². The molecule has 3 heterocycles. The number of fused-ring (bicyclic) bond motifs is 1. The summed E-state index contributed by atoms with van der Waals surface area (Å²) in [6, 6.07) is 10.5. The average Bonchev–Trinajstić information content (AvgIpc) is 3.36. The molecule has 26 heavy (non-hydrogen) atoms.